The van der Waals surface area contributed by atoms with Crippen molar-refractivity contribution in [2.24, 2.45) is 0 Å². The minimum Gasteiger partial charge on any atom is -0.478 e. The predicted molar refractivity (Wildman–Crippen MR) is 95.1 cm³/mol. The molecule has 1 N–H and O–H groups in total. The number of carbonyl (C=O) groups excluding carboxylic acids is 2. The molecule has 4 rings (SSSR count). The van der Waals surface area contributed by atoms with Gasteiger partial charge in [-0.1, -0.05) is 17.3 Å². The highest BCUT2D eigenvalue weighted by Crippen LogP contribution is 2.20. The van der Waals surface area contributed by atoms with Gasteiger partial charge < -0.3 is 19.4 Å². The molecule has 0 unspecified atom stereocenters. The van der Waals surface area contributed by atoms with E-state index < -0.39 is 12.0 Å². The fourth-order valence-electron chi connectivity index (χ4n) is 3.51. The molecule has 146 valence electrons. The zero-order chi connectivity index (χ0) is 19.8. The van der Waals surface area contributed by atoms with Gasteiger partial charge in [-0.15, -0.1) is 0 Å². The normalized spacial score (nSPS) is 20.4. The maximum atomic E-state index is 12.4. The Balaban J connectivity index is 1.43. The van der Waals surface area contributed by atoms with Gasteiger partial charge in [0.05, 0.1) is 18.7 Å². The molecule has 1 aromatic carbocycles. The third kappa shape index (κ3) is 3.33. The topological polar surface area (TPSA) is 120 Å². The van der Waals surface area contributed by atoms with Crippen LogP contribution in [0.25, 0.3) is 11.4 Å². The van der Waals surface area contributed by atoms with Crippen molar-refractivity contribution in [1.29, 1.82) is 0 Å². The van der Waals surface area contributed by atoms with Crippen LogP contribution in [0.2, 0.25) is 0 Å². The summed E-state index contributed by atoms with van der Waals surface area (Å²) in [7, 11) is 1.64. The van der Waals surface area contributed by atoms with Gasteiger partial charge in [-0.05, 0) is 12.1 Å². The number of carboxylic acids is 1. The number of hydrogen-bond donors (Lipinski definition) is 1. The van der Waals surface area contributed by atoms with E-state index >= 15 is 0 Å². The van der Waals surface area contributed by atoms with Crippen molar-refractivity contribution in [2.45, 2.75) is 12.6 Å². The van der Waals surface area contributed by atoms with E-state index in [1.807, 2.05) is 4.90 Å². The second-order valence-electron chi connectivity index (χ2n) is 6.93. The lowest BCUT2D eigenvalue weighted by Crippen LogP contribution is -2.65. The van der Waals surface area contributed by atoms with Crippen LogP contribution in [0.4, 0.5) is 0 Å². The minimum absolute atomic E-state index is 0.0309. The maximum Gasteiger partial charge on any atom is 0.335 e. The smallest absolute Gasteiger partial charge is 0.335 e. The highest BCUT2D eigenvalue weighted by atomic mass is 16.5. The van der Waals surface area contributed by atoms with Crippen molar-refractivity contribution in [3.63, 3.8) is 0 Å². The van der Waals surface area contributed by atoms with Gasteiger partial charge in [0, 0.05) is 32.2 Å². The van der Waals surface area contributed by atoms with Crippen molar-refractivity contribution in [1.82, 2.24) is 24.8 Å². The average Bonchev–Trinajstić information content (AvgIpc) is 3.14. The summed E-state index contributed by atoms with van der Waals surface area (Å²) >= 11 is 0. The number of carbonyl (C=O) groups is 3. The van der Waals surface area contributed by atoms with Crippen LogP contribution >= 0.6 is 0 Å². The van der Waals surface area contributed by atoms with Crippen LogP contribution in [0, 0.1) is 0 Å². The molecular weight excluding hydrogens is 366 g/mol. The number of aromatic carboxylic acids is 1. The lowest BCUT2D eigenvalue weighted by molar-refractivity contribution is -0.158. The van der Waals surface area contributed by atoms with E-state index in [4.69, 9.17) is 9.63 Å². The number of likely N-dealkylation sites (N-methyl/N-ethyl adjacent to an activating group) is 1. The molecule has 1 aromatic heterocycles. The van der Waals surface area contributed by atoms with Gasteiger partial charge in [0.1, 0.15) is 6.04 Å². The van der Waals surface area contributed by atoms with Crippen LogP contribution in [0.15, 0.2) is 28.8 Å². The van der Waals surface area contributed by atoms with Gasteiger partial charge in [0.2, 0.25) is 23.5 Å². The number of hydrogen-bond acceptors (Lipinski definition) is 7. The van der Waals surface area contributed by atoms with E-state index in [1.54, 1.807) is 24.1 Å². The summed E-state index contributed by atoms with van der Waals surface area (Å²) < 4.78 is 5.31. The molecule has 2 saturated heterocycles. The number of aromatic nitrogens is 2. The summed E-state index contributed by atoms with van der Waals surface area (Å²) in [6.07, 6.45) is 0. The van der Waals surface area contributed by atoms with Crippen LogP contribution in [0.5, 0.6) is 0 Å². The Morgan fingerprint density at radius 3 is 2.71 bits per heavy atom. The summed E-state index contributed by atoms with van der Waals surface area (Å²) in [5.41, 5.74) is 0.835. The van der Waals surface area contributed by atoms with Gasteiger partial charge >= 0.3 is 5.97 Å². The van der Waals surface area contributed by atoms with Gasteiger partial charge in [-0.3, -0.25) is 14.5 Å². The fourth-order valence-corrected chi connectivity index (χ4v) is 3.51. The van der Waals surface area contributed by atoms with Crippen molar-refractivity contribution >= 4 is 17.8 Å². The Labute approximate surface area is 160 Å². The largest absolute Gasteiger partial charge is 0.478 e. The summed E-state index contributed by atoms with van der Waals surface area (Å²) in [5.74, 6) is -0.325. The molecular formula is C18H19N5O5. The lowest BCUT2D eigenvalue weighted by Gasteiger charge is -2.44. The third-order valence-electron chi connectivity index (χ3n) is 5.04. The Morgan fingerprint density at radius 1 is 1.25 bits per heavy atom. The molecule has 2 fully saturated rings. The SMILES string of the molecule is CN1CC(=O)N2CCN(Cc3nc(-c4ccc(C(=O)O)cc4)no3)C[C@H]2C1=O. The first kappa shape index (κ1) is 18.1. The van der Waals surface area contributed by atoms with Gasteiger partial charge in [-0.2, -0.15) is 4.98 Å². The number of piperazine rings is 2. The van der Waals surface area contributed by atoms with Crippen LogP contribution in [-0.2, 0) is 16.1 Å². The van der Waals surface area contributed by atoms with Crippen molar-refractivity contribution < 1.29 is 24.0 Å². The first-order valence-corrected chi connectivity index (χ1v) is 8.85. The summed E-state index contributed by atoms with van der Waals surface area (Å²) in [6, 6.07) is 5.73. The first-order valence-electron chi connectivity index (χ1n) is 8.85. The predicted octanol–water partition coefficient (Wildman–Crippen LogP) is -0.0804. The molecule has 0 spiro atoms. The Morgan fingerprint density at radius 2 is 2.00 bits per heavy atom. The third-order valence-corrected chi connectivity index (χ3v) is 5.04. The molecule has 1 atom stereocenters. The fraction of sp³-hybridized carbons (Fsp3) is 0.389. The van der Waals surface area contributed by atoms with E-state index in [9.17, 15) is 14.4 Å². The zero-order valence-electron chi connectivity index (χ0n) is 15.2. The lowest BCUT2D eigenvalue weighted by atomic mass is 10.1. The molecule has 2 aliphatic rings. The molecule has 2 amide bonds. The summed E-state index contributed by atoms with van der Waals surface area (Å²) in [5, 5.41) is 12.9. The average molecular weight is 385 g/mol. The molecule has 28 heavy (non-hydrogen) atoms. The first-order chi connectivity index (χ1) is 13.4. The standard InChI is InChI=1S/C18H19N5O5/c1-21-10-15(24)23-7-6-22(8-13(23)17(21)25)9-14-19-16(20-28-14)11-2-4-12(5-3-11)18(26)27/h2-5,13H,6-10H2,1H3,(H,26,27)/t13-/m0/s1. The van der Waals surface area contributed by atoms with Gasteiger partial charge in [0.15, 0.2) is 0 Å². The number of nitrogens with zero attached hydrogens (tertiary/aromatic N) is 5. The van der Waals surface area contributed by atoms with Crippen LogP contribution < -0.4 is 0 Å². The molecule has 0 aliphatic carbocycles. The maximum absolute atomic E-state index is 12.4. The van der Waals surface area contributed by atoms with Crippen molar-refractivity contribution in [3.05, 3.63) is 35.7 Å². The highest BCUT2D eigenvalue weighted by molar-refractivity contribution is 5.95. The van der Waals surface area contributed by atoms with Crippen molar-refractivity contribution in [3.8, 4) is 11.4 Å². The molecule has 2 aliphatic heterocycles. The Kier molecular flexibility index (Phi) is 4.55. The molecule has 3 heterocycles. The van der Waals surface area contributed by atoms with E-state index in [2.05, 4.69) is 10.1 Å². The molecule has 2 aromatic rings. The van der Waals surface area contributed by atoms with Gasteiger partial charge in [0.25, 0.3) is 0 Å². The molecule has 0 saturated carbocycles. The van der Waals surface area contributed by atoms with Crippen LogP contribution in [0.3, 0.4) is 0 Å². The Hall–Kier alpha value is -3.27. The second kappa shape index (κ2) is 7.04. The Bertz CT molecular complexity index is 925. The minimum atomic E-state index is -0.999. The van der Waals surface area contributed by atoms with Gasteiger partial charge in [-0.25, -0.2) is 4.79 Å². The number of amides is 2. The molecule has 10 heteroatoms. The number of carboxylic acid groups (broad SMARTS) is 1. The summed E-state index contributed by atoms with van der Waals surface area (Å²) in [6.45, 7) is 2.02. The quantitative estimate of drug-likeness (QED) is 0.776. The second-order valence-corrected chi connectivity index (χ2v) is 6.93. The van der Waals surface area contributed by atoms with Crippen molar-refractivity contribution in [2.75, 3.05) is 33.2 Å². The number of fused-ring (bicyclic) bond motifs is 1. The van der Waals surface area contributed by atoms with Crippen LogP contribution in [0.1, 0.15) is 16.2 Å². The van der Waals surface area contributed by atoms with E-state index in [0.717, 1.165) is 0 Å². The van der Waals surface area contributed by atoms with E-state index in [0.29, 0.717) is 43.5 Å². The summed E-state index contributed by atoms with van der Waals surface area (Å²) in [4.78, 5) is 44.9. The monoisotopic (exact) mass is 385 g/mol. The molecule has 10 nitrogen and oxygen atoms in total. The molecule has 0 radical (unpaired) electrons. The van der Waals surface area contributed by atoms with E-state index in [-0.39, 0.29) is 23.9 Å². The number of rotatable bonds is 4. The zero-order valence-corrected chi connectivity index (χ0v) is 15.2. The van der Waals surface area contributed by atoms with E-state index in [1.165, 1.54) is 17.0 Å². The molecule has 0 bridgehead atoms. The number of benzene rings is 1. The van der Waals surface area contributed by atoms with Crippen LogP contribution in [-0.4, -0.2) is 87.0 Å². The highest BCUT2D eigenvalue weighted by Gasteiger charge is 2.41.